The SMILES string of the molecule is O=C(c1ccc(CO)o1)N1C[C@@H]2CC[C@H](C1)N(Cc1cscn1)C2=O. The van der Waals surface area contributed by atoms with E-state index in [-0.39, 0.29) is 36.1 Å². The van der Waals surface area contributed by atoms with Crippen LogP contribution in [0.15, 0.2) is 27.4 Å². The van der Waals surface area contributed by atoms with Crippen molar-refractivity contribution in [2.75, 3.05) is 13.1 Å². The maximum Gasteiger partial charge on any atom is 0.289 e. The molecule has 2 aromatic heterocycles. The number of carbonyl (C=O) groups excluding carboxylic acids is 2. The van der Waals surface area contributed by atoms with Gasteiger partial charge in [0.05, 0.1) is 23.7 Å². The van der Waals surface area contributed by atoms with Gasteiger partial charge in [-0.2, -0.15) is 0 Å². The molecule has 2 atom stereocenters. The first-order chi connectivity index (χ1) is 12.2. The highest BCUT2D eigenvalue weighted by Gasteiger charge is 2.42. The summed E-state index contributed by atoms with van der Waals surface area (Å²) in [4.78, 5) is 33.4. The molecule has 8 heteroatoms. The molecule has 3 saturated heterocycles. The quantitative estimate of drug-likeness (QED) is 0.892. The van der Waals surface area contributed by atoms with Crippen LogP contribution in [0.4, 0.5) is 0 Å². The molecule has 3 aliphatic heterocycles. The summed E-state index contributed by atoms with van der Waals surface area (Å²) in [6.45, 7) is 1.18. The molecule has 5 heterocycles. The summed E-state index contributed by atoms with van der Waals surface area (Å²) in [5.41, 5.74) is 2.66. The Labute approximate surface area is 148 Å². The van der Waals surface area contributed by atoms with Crippen molar-refractivity contribution in [1.82, 2.24) is 14.8 Å². The highest BCUT2D eigenvalue weighted by Crippen LogP contribution is 2.31. The van der Waals surface area contributed by atoms with Gasteiger partial charge in [-0.05, 0) is 25.0 Å². The van der Waals surface area contributed by atoms with Crippen LogP contribution in [0.2, 0.25) is 0 Å². The fourth-order valence-corrected chi connectivity index (χ4v) is 4.19. The molecule has 0 saturated carbocycles. The van der Waals surface area contributed by atoms with Crippen LogP contribution < -0.4 is 0 Å². The predicted molar refractivity (Wildman–Crippen MR) is 89.7 cm³/mol. The molecular weight excluding hydrogens is 342 g/mol. The van der Waals surface area contributed by atoms with E-state index in [9.17, 15) is 9.59 Å². The Balaban J connectivity index is 1.54. The molecule has 25 heavy (non-hydrogen) atoms. The molecule has 132 valence electrons. The molecule has 0 aliphatic carbocycles. The first kappa shape index (κ1) is 16.3. The number of hydrogen-bond acceptors (Lipinski definition) is 6. The van der Waals surface area contributed by atoms with Crippen molar-refractivity contribution in [2.24, 2.45) is 5.92 Å². The van der Waals surface area contributed by atoms with Crippen LogP contribution in [0.3, 0.4) is 0 Å². The van der Waals surface area contributed by atoms with E-state index >= 15 is 0 Å². The molecular formula is C17H19N3O4S. The third kappa shape index (κ3) is 3.07. The standard InChI is InChI=1S/C17H19N3O4S/c21-8-14-3-4-15(24-14)17(23)19-5-11-1-2-13(7-19)20(16(11)22)6-12-9-25-10-18-12/h3-4,9-11,13,21H,1-2,5-8H2/t11-,13+/m0/s1. The summed E-state index contributed by atoms with van der Waals surface area (Å²) in [5.74, 6) is 0.287. The minimum Gasteiger partial charge on any atom is -0.453 e. The first-order valence-corrected chi connectivity index (χ1v) is 9.26. The zero-order valence-electron chi connectivity index (χ0n) is 13.6. The van der Waals surface area contributed by atoms with Crippen molar-refractivity contribution in [2.45, 2.75) is 32.0 Å². The van der Waals surface area contributed by atoms with Gasteiger partial charge >= 0.3 is 0 Å². The molecule has 3 aliphatic rings. The number of rotatable bonds is 4. The zero-order chi connectivity index (χ0) is 17.4. The normalized spacial score (nSPS) is 23.2. The van der Waals surface area contributed by atoms with Gasteiger partial charge in [-0.1, -0.05) is 0 Å². The van der Waals surface area contributed by atoms with Crippen molar-refractivity contribution < 1.29 is 19.1 Å². The second-order valence-electron chi connectivity index (χ2n) is 6.51. The molecule has 1 N–H and O–H groups in total. The van der Waals surface area contributed by atoms with Gasteiger partial charge < -0.3 is 19.3 Å². The molecule has 2 aromatic rings. The third-order valence-corrected chi connectivity index (χ3v) is 5.56. The summed E-state index contributed by atoms with van der Waals surface area (Å²) in [6.07, 6.45) is 1.70. The molecule has 0 unspecified atom stereocenters. The monoisotopic (exact) mass is 361 g/mol. The van der Waals surface area contributed by atoms with E-state index in [1.807, 2.05) is 10.3 Å². The van der Waals surface area contributed by atoms with Crippen molar-refractivity contribution in [3.05, 3.63) is 40.2 Å². The number of aliphatic hydroxyl groups is 1. The maximum absolute atomic E-state index is 12.8. The highest BCUT2D eigenvalue weighted by molar-refractivity contribution is 7.07. The Morgan fingerprint density at radius 1 is 1.36 bits per heavy atom. The van der Waals surface area contributed by atoms with Gasteiger partial charge in [-0.3, -0.25) is 9.59 Å². The van der Waals surface area contributed by atoms with Crippen molar-refractivity contribution in [3.63, 3.8) is 0 Å². The lowest BCUT2D eigenvalue weighted by atomic mass is 9.94. The van der Waals surface area contributed by atoms with E-state index in [1.165, 1.54) is 11.3 Å². The molecule has 2 amide bonds. The van der Waals surface area contributed by atoms with Gasteiger partial charge in [0.2, 0.25) is 5.91 Å². The van der Waals surface area contributed by atoms with E-state index < -0.39 is 0 Å². The molecule has 2 bridgehead atoms. The number of hydrogen-bond donors (Lipinski definition) is 1. The van der Waals surface area contributed by atoms with Crippen LogP contribution in [0.1, 0.15) is 34.9 Å². The Hall–Kier alpha value is -2.19. The number of aliphatic hydroxyl groups excluding tert-OH is 1. The fourth-order valence-electron chi connectivity index (χ4n) is 3.64. The van der Waals surface area contributed by atoms with Crippen LogP contribution in [-0.4, -0.2) is 50.8 Å². The lowest BCUT2D eigenvalue weighted by Crippen LogP contribution is -2.47. The smallest absolute Gasteiger partial charge is 0.289 e. The number of thiazole rings is 1. The number of nitrogens with zero attached hydrogens (tertiary/aromatic N) is 3. The Bertz CT molecular complexity index is 773. The zero-order valence-corrected chi connectivity index (χ0v) is 14.4. The van der Waals surface area contributed by atoms with Crippen LogP contribution in [-0.2, 0) is 17.9 Å². The maximum atomic E-state index is 12.8. The number of furan rings is 1. The van der Waals surface area contributed by atoms with Crippen molar-refractivity contribution in [1.29, 1.82) is 0 Å². The van der Waals surface area contributed by atoms with Crippen LogP contribution in [0.5, 0.6) is 0 Å². The molecule has 0 aromatic carbocycles. The highest BCUT2D eigenvalue weighted by atomic mass is 32.1. The number of carbonyl (C=O) groups is 2. The summed E-state index contributed by atoms with van der Waals surface area (Å²) in [5, 5.41) is 11.1. The number of aromatic nitrogens is 1. The average Bonchev–Trinajstić information content (AvgIpc) is 3.23. The topological polar surface area (TPSA) is 86.9 Å². The van der Waals surface area contributed by atoms with E-state index in [1.54, 1.807) is 22.5 Å². The van der Waals surface area contributed by atoms with Gasteiger partial charge in [0.25, 0.3) is 5.91 Å². The summed E-state index contributed by atoms with van der Waals surface area (Å²) in [6, 6.07) is 3.18. The third-order valence-electron chi connectivity index (χ3n) is 4.92. The van der Waals surface area contributed by atoms with Crippen LogP contribution >= 0.6 is 11.3 Å². The largest absolute Gasteiger partial charge is 0.453 e. The van der Waals surface area contributed by atoms with Crippen LogP contribution in [0, 0.1) is 5.92 Å². The van der Waals surface area contributed by atoms with Crippen molar-refractivity contribution in [3.8, 4) is 0 Å². The lowest BCUT2D eigenvalue weighted by Gasteiger charge is -2.35. The number of piperidine rings is 1. The minimum absolute atomic E-state index is 0.00387. The molecule has 0 spiro atoms. The summed E-state index contributed by atoms with van der Waals surface area (Å²) < 4.78 is 5.37. The predicted octanol–water partition coefficient (Wildman–Crippen LogP) is 1.49. The Morgan fingerprint density at radius 2 is 2.24 bits per heavy atom. The molecule has 5 rings (SSSR count). The number of amides is 2. The molecule has 3 fully saturated rings. The molecule has 7 nitrogen and oxygen atoms in total. The van der Waals surface area contributed by atoms with E-state index in [4.69, 9.17) is 9.52 Å². The van der Waals surface area contributed by atoms with Gasteiger partial charge in [0.1, 0.15) is 12.4 Å². The molecule has 0 radical (unpaired) electrons. The van der Waals surface area contributed by atoms with Gasteiger partial charge in [-0.15, -0.1) is 11.3 Å². The second kappa shape index (κ2) is 6.61. The van der Waals surface area contributed by atoms with E-state index in [0.29, 0.717) is 25.4 Å². The first-order valence-electron chi connectivity index (χ1n) is 8.32. The second-order valence-corrected chi connectivity index (χ2v) is 7.23. The van der Waals surface area contributed by atoms with Crippen molar-refractivity contribution >= 4 is 23.2 Å². The lowest BCUT2D eigenvalue weighted by molar-refractivity contribution is -0.140. The summed E-state index contributed by atoms with van der Waals surface area (Å²) >= 11 is 1.52. The number of fused-ring (bicyclic) bond motifs is 4. The summed E-state index contributed by atoms with van der Waals surface area (Å²) in [7, 11) is 0. The van der Waals surface area contributed by atoms with Crippen LogP contribution in [0.25, 0.3) is 0 Å². The van der Waals surface area contributed by atoms with Gasteiger partial charge in [-0.25, -0.2) is 4.98 Å². The Morgan fingerprint density at radius 3 is 2.96 bits per heavy atom. The van der Waals surface area contributed by atoms with Gasteiger partial charge in [0.15, 0.2) is 5.76 Å². The Kier molecular flexibility index (Phi) is 4.30. The van der Waals surface area contributed by atoms with Gasteiger partial charge in [0, 0.05) is 24.5 Å². The van der Waals surface area contributed by atoms with E-state index in [2.05, 4.69) is 4.98 Å². The van der Waals surface area contributed by atoms with E-state index in [0.717, 1.165) is 18.5 Å². The average molecular weight is 361 g/mol. The fraction of sp³-hybridized carbons (Fsp3) is 0.471. The minimum atomic E-state index is -0.238.